The summed E-state index contributed by atoms with van der Waals surface area (Å²) < 4.78 is 5.72. The number of thioether (sulfide) groups is 1. The van der Waals surface area contributed by atoms with Crippen LogP contribution in [0.15, 0.2) is 29.2 Å². The third-order valence-corrected chi connectivity index (χ3v) is 7.03. The van der Waals surface area contributed by atoms with Crippen molar-refractivity contribution in [3.05, 3.63) is 29.8 Å². The molecule has 2 saturated heterocycles. The fourth-order valence-corrected chi connectivity index (χ4v) is 5.09. The number of rotatable bonds is 8. The third kappa shape index (κ3) is 5.96. The van der Waals surface area contributed by atoms with Crippen LogP contribution >= 0.6 is 11.8 Å². The number of nitrogens with one attached hydrogen (secondary N) is 1. The van der Waals surface area contributed by atoms with Crippen LogP contribution in [0, 0.1) is 5.92 Å². The van der Waals surface area contributed by atoms with Crippen molar-refractivity contribution in [3.8, 4) is 0 Å². The Bertz CT molecular complexity index is 626. The normalized spacial score (nSPS) is 22.5. The van der Waals surface area contributed by atoms with Gasteiger partial charge < -0.3 is 15.0 Å². The SMILES string of the molecule is CC(C)[C@H](CNC(=O)c1ccccc1SC[C@@H]1CCCO1)N1CCN(C)CC1. The number of benzene rings is 1. The lowest BCUT2D eigenvalue weighted by Crippen LogP contribution is -2.54. The highest BCUT2D eigenvalue weighted by Crippen LogP contribution is 2.27. The van der Waals surface area contributed by atoms with E-state index < -0.39 is 0 Å². The molecule has 156 valence electrons. The van der Waals surface area contributed by atoms with Crippen LogP contribution in [0.3, 0.4) is 0 Å². The molecule has 2 fully saturated rings. The van der Waals surface area contributed by atoms with Crippen molar-refractivity contribution >= 4 is 17.7 Å². The molecule has 2 atom stereocenters. The Balaban J connectivity index is 1.57. The molecule has 1 aromatic carbocycles. The molecule has 0 saturated carbocycles. The summed E-state index contributed by atoms with van der Waals surface area (Å²) >= 11 is 1.74. The number of nitrogens with zero attached hydrogens (tertiary/aromatic N) is 2. The van der Waals surface area contributed by atoms with E-state index in [2.05, 4.69) is 42.1 Å². The summed E-state index contributed by atoms with van der Waals surface area (Å²) in [5.74, 6) is 1.46. The van der Waals surface area contributed by atoms with Gasteiger partial charge in [-0.05, 0) is 37.9 Å². The third-order valence-electron chi connectivity index (χ3n) is 5.83. The maximum absolute atomic E-state index is 12.9. The highest BCUT2D eigenvalue weighted by atomic mass is 32.2. The van der Waals surface area contributed by atoms with Crippen molar-refractivity contribution in [2.75, 3.05) is 52.1 Å². The predicted octanol–water partition coefficient (Wildman–Crippen LogP) is 2.96. The minimum absolute atomic E-state index is 0.0372. The zero-order chi connectivity index (χ0) is 19.9. The summed E-state index contributed by atoms with van der Waals surface area (Å²) in [5.41, 5.74) is 0.784. The summed E-state index contributed by atoms with van der Waals surface area (Å²) in [4.78, 5) is 18.9. The van der Waals surface area contributed by atoms with Gasteiger partial charge in [0.15, 0.2) is 0 Å². The van der Waals surface area contributed by atoms with E-state index in [0.29, 0.717) is 24.6 Å². The maximum atomic E-state index is 12.9. The average molecular weight is 406 g/mol. The fraction of sp³-hybridized carbons (Fsp3) is 0.682. The van der Waals surface area contributed by atoms with Gasteiger partial charge in [-0.3, -0.25) is 9.69 Å². The molecule has 1 amide bonds. The molecule has 2 aliphatic heterocycles. The summed E-state index contributed by atoms with van der Waals surface area (Å²) in [6.45, 7) is 10.4. The zero-order valence-electron chi connectivity index (χ0n) is 17.5. The van der Waals surface area contributed by atoms with E-state index in [4.69, 9.17) is 4.74 Å². The van der Waals surface area contributed by atoms with Crippen LogP contribution in [0.4, 0.5) is 0 Å². The standard InChI is InChI=1S/C22H35N3O2S/c1-17(2)20(25-12-10-24(3)11-13-25)15-23-22(26)19-8-4-5-9-21(19)28-16-18-7-6-14-27-18/h4-5,8-9,17-18,20H,6-7,10-16H2,1-3H3,(H,23,26)/t18-,20-/m0/s1. The monoisotopic (exact) mass is 405 g/mol. The molecule has 2 aliphatic rings. The topological polar surface area (TPSA) is 44.8 Å². The molecule has 1 N–H and O–H groups in total. The summed E-state index contributed by atoms with van der Waals surface area (Å²) in [6.07, 6.45) is 2.60. The lowest BCUT2D eigenvalue weighted by Gasteiger charge is -2.40. The molecule has 5 nitrogen and oxygen atoms in total. The molecule has 0 bridgehead atoms. The van der Waals surface area contributed by atoms with Crippen LogP contribution in [-0.4, -0.2) is 80.0 Å². The molecule has 28 heavy (non-hydrogen) atoms. The molecule has 2 heterocycles. The molecule has 0 aromatic heterocycles. The molecule has 0 radical (unpaired) electrons. The van der Waals surface area contributed by atoms with Crippen LogP contribution in [0.2, 0.25) is 0 Å². The van der Waals surface area contributed by atoms with E-state index >= 15 is 0 Å². The number of amides is 1. The van der Waals surface area contributed by atoms with Crippen LogP contribution in [0.1, 0.15) is 37.0 Å². The minimum Gasteiger partial charge on any atom is -0.377 e. The van der Waals surface area contributed by atoms with Gasteiger partial charge in [0.1, 0.15) is 0 Å². The van der Waals surface area contributed by atoms with Gasteiger partial charge in [0.05, 0.1) is 11.7 Å². The number of carbonyl (C=O) groups excluding carboxylic acids is 1. The molecule has 1 aromatic rings. The molecular formula is C22H35N3O2S. The lowest BCUT2D eigenvalue weighted by atomic mass is 10.0. The second kappa shape index (κ2) is 10.6. The first kappa shape index (κ1) is 21.6. The first-order valence-electron chi connectivity index (χ1n) is 10.6. The van der Waals surface area contributed by atoms with E-state index in [9.17, 15) is 4.79 Å². The van der Waals surface area contributed by atoms with Crippen LogP contribution in [0.5, 0.6) is 0 Å². The average Bonchev–Trinajstić information content (AvgIpc) is 3.21. The van der Waals surface area contributed by atoms with Crippen LogP contribution in [0.25, 0.3) is 0 Å². The Labute approximate surface area is 174 Å². The highest BCUT2D eigenvalue weighted by molar-refractivity contribution is 7.99. The Hall–Kier alpha value is -1.08. The van der Waals surface area contributed by atoms with E-state index in [0.717, 1.165) is 61.8 Å². The Morgan fingerprint density at radius 3 is 2.68 bits per heavy atom. The number of ether oxygens (including phenoxy) is 1. The van der Waals surface area contributed by atoms with E-state index in [1.807, 2.05) is 18.2 Å². The number of hydrogen-bond donors (Lipinski definition) is 1. The predicted molar refractivity (Wildman–Crippen MR) is 116 cm³/mol. The number of hydrogen-bond acceptors (Lipinski definition) is 5. The van der Waals surface area contributed by atoms with Gasteiger partial charge in [-0.2, -0.15) is 0 Å². The number of carbonyl (C=O) groups is 1. The summed E-state index contributed by atoms with van der Waals surface area (Å²) in [7, 11) is 2.18. The van der Waals surface area contributed by atoms with Gasteiger partial charge in [0, 0.05) is 56.0 Å². The Kier molecular flexibility index (Phi) is 8.21. The second-order valence-electron chi connectivity index (χ2n) is 8.30. The Morgan fingerprint density at radius 1 is 1.25 bits per heavy atom. The molecule has 3 rings (SSSR count). The van der Waals surface area contributed by atoms with E-state index in [1.165, 1.54) is 0 Å². The zero-order valence-corrected chi connectivity index (χ0v) is 18.3. The smallest absolute Gasteiger partial charge is 0.252 e. The van der Waals surface area contributed by atoms with Gasteiger partial charge in [-0.25, -0.2) is 0 Å². The first-order valence-corrected chi connectivity index (χ1v) is 11.6. The largest absolute Gasteiger partial charge is 0.377 e. The number of piperazine rings is 1. The van der Waals surface area contributed by atoms with Crippen molar-refractivity contribution in [3.63, 3.8) is 0 Å². The van der Waals surface area contributed by atoms with Crippen molar-refractivity contribution in [2.24, 2.45) is 5.92 Å². The summed E-state index contributed by atoms with van der Waals surface area (Å²) in [5, 5.41) is 3.22. The van der Waals surface area contributed by atoms with Crippen molar-refractivity contribution in [2.45, 2.75) is 43.7 Å². The van der Waals surface area contributed by atoms with Gasteiger partial charge in [-0.15, -0.1) is 11.8 Å². The van der Waals surface area contributed by atoms with Crippen molar-refractivity contribution < 1.29 is 9.53 Å². The van der Waals surface area contributed by atoms with Crippen LogP contribution < -0.4 is 5.32 Å². The molecule has 0 spiro atoms. The number of likely N-dealkylation sites (N-methyl/N-ethyl adjacent to an activating group) is 1. The first-order chi connectivity index (χ1) is 13.5. The summed E-state index contributed by atoms with van der Waals surface area (Å²) in [6, 6.07) is 8.33. The van der Waals surface area contributed by atoms with Gasteiger partial charge in [-0.1, -0.05) is 26.0 Å². The van der Waals surface area contributed by atoms with Gasteiger partial charge >= 0.3 is 0 Å². The quantitative estimate of drug-likeness (QED) is 0.674. The molecule has 0 aliphatic carbocycles. The van der Waals surface area contributed by atoms with Gasteiger partial charge in [0.2, 0.25) is 0 Å². The lowest BCUT2D eigenvalue weighted by molar-refractivity contribution is 0.0789. The minimum atomic E-state index is 0.0372. The van der Waals surface area contributed by atoms with Crippen LogP contribution in [-0.2, 0) is 4.74 Å². The highest BCUT2D eigenvalue weighted by Gasteiger charge is 2.26. The van der Waals surface area contributed by atoms with Crippen molar-refractivity contribution in [1.29, 1.82) is 0 Å². The second-order valence-corrected chi connectivity index (χ2v) is 9.36. The molecule has 6 heteroatoms. The Morgan fingerprint density at radius 2 is 2.00 bits per heavy atom. The van der Waals surface area contributed by atoms with E-state index in [-0.39, 0.29) is 5.91 Å². The molecular weight excluding hydrogens is 370 g/mol. The fourth-order valence-electron chi connectivity index (χ4n) is 3.97. The maximum Gasteiger partial charge on any atom is 0.252 e. The van der Waals surface area contributed by atoms with E-state index in [1.54, 1.807) is 11.8 Å². The molecule has 0 unspecified atom stereocenters. The van der Waals surface area contributed by atoms with Gasteiger partial charge in [0.25, 0.3) is 5.91 Å². The van der Waals surface area contributed by atoms with Crippen molar-refractivity contribution in [1.82, 2.24) is 15.1 Å².